The lowest BCUT2D eigenvalue weighted by atomic mass is 10.2. The Labute approximate surface area is 150 Å². The second-order valence-electron chi connectivity index (χ2n) is 4.99. The van der Waals surface area contributed by atoms with E-state index in [4.69, 9.17) is 23.2 Å². The molecule has 0 unspecified atom stereocenters. The number of hydrogen-bond donors (Lipinski definition) is 2. The van der Waals surface area contributed by atoms with Gasteiger partial charge < -0.3 is 5.32 Å². The summed E-state index contributed by atoms with van der Waals surface area (Å²) in [5.41, 5.74) is 1.31. The number of amides is 1. The molecule has 0 saturated heterocycles. The second kappa shape index (κ2) is 8.43. The first-order chi connectivity index (χ1) is 11.3. The molecule has 2 aromatic rings. The summed E-state index contributed by atoms with van der Waals surface area (Å²) >= 11 is 11.7. The van der Waals surface area contributed by atoms with Crippen molar-refractivity contribution in [2.24, 2.45) is 0 Å². The third-order valence-corrected chi connectivity index (χ3v) is 4.70. The van der Waals surface area contributed by atoms with Gasteiger partial charge in [0.2, 0.25) is 15.9 Å². The van der Waals surface area contributed by atoms with Crippen LogP contribution in [0.4, 0.5) is 0 Å². The number of nitrogens with zero attached hydrogens (tertiary/aromatic N) is 1. The molecule has 1 aromatic carbocycles. The molecule has 2 rings (SSSR count). The Kier molecular flexibility index (Phi) is 6.56. The van der Waals surface area contributed by atoms with Crippen LogP contribution in [-0.2, 0) is 27.1 Å². The standard InChI is InChI=1S/C15H15Cl2N3O3S/c16-13-5-12(6-14(17)7-13)10-24(22,23)20-9-15(21)19-8-11-1-3-18-4-2-11/h1-7,20H,8-10H2,(H,19,21). The largest absolute Gasteiger partial charge is 0.351 e. The molecule has 0 fully saturated rings. The topological polar surface area (TPSA) is 88.2 Å². The van der Waals surface area contributed by atoms with E-state index >= 15 is 0 Å². The van der Waals surface area contributed by atoms with Crippen LogP contribution in [0.2, 0.25) is 10.0 Å². The lowest BCUT2D eigenvalue weighted by molar-refractivity contribution is -0.120. The Bertz CT molecular complexity index is 794. The van der Waals surface area contributed by atoms with Gasteiger partial charge in [-0.3, -0.25) is 9.78 Å². The monoisotopic (exact) mass is 387 g/mol. The van der Waals surface area contributed by atoms with Crippen molar-refractivity contribution in [2.45, 2.75) is 12.3 Å². The molecule has 0 aliphatic rings. The SMILES string of the molecule is O=C(CNS(=O)(=O)Cc1cc(Cl)cc(Cl)c1)NCc1ccncc1. The number of pyridine rings is 1. The number of aromatic nitrogens is 1. The number of benzene rings is 1. The predicted octanol–water partition coefficient (Wildman–Crippen LogP) is 2.12. The van der Waals surface area contributed by atoms with Gasteiger partial charge in [-0.1, -0.05) is 23.2 Å². The number of carbonyl (C=O) groups is 1. The van der Waals surface area contributed by atoms with Crippen LogP contribution < -0.4 is 10.0 Å². The molecule has 0 aliphatic carbocycles. The van der Waals surface area contributed by atoms with Crippen molar-refractivity contribution >= 4 is 39.1 Å². The highest BCUT2D eigenvalue weighted by atomic mass is 35.5. The van der Waals surface area contributed by atoms with Crippen molar-refractivity contribution in [3.05, 3.63) is 63.9 Å². The van der Waals surface area contributed by atoms with Crippen LogP contribution in [0.25, 0.3) is 0 Å². The highest BCUT2D eigenvalue weighted by Crippen LogP contribution is 2.20. The molecule has 0 bridgehead atoms. The van der Waals surface area contributed by atoms with Crippen LogP contribution in [0.3, 0.4) is 0 Å². The normalized spacial score (nSPS) is 11.2. The number of halogens is 2. The van der Waals surface area contributed by atoms with E-state index in [1.54, 1.807) is 24.5 Å². The molecule has 0 radical (unpaired) electrons. The number of rotatable bonds is 7. The minimum atomic E-state index is -3.68. The average Bonchev–Trinajstić information content (AvgIpc) is 2.50. The molecule has 2 N–H and O–H groups in total. The molecule has 0 spiro atoms. The highest BCUT2D eigenvalue weighted by Gasteiger charge is 2.14. The zero-order valence-electron chi connectivity index (χ0n) is 12.5. The number of carbonyl (C=O) groups excluding carboxylic acids is 1. The zero-order valence-corrected chi connectivity index (χ0v) is 14.8. The van der Waals surface area contributed by atoms with Crippen LogP contribution in [0, 0.1) is 0 Å². The maximum atomic E-state index is 12.0. The van der Waals surface area contributed by atoms with E-state index in [0.717, 1.165) is 5.56 Å². The van der Waals surface area contributed by atoms with Gasteiger partial charge in [-0.25, -0.2) is 13.1 Å². The molecule has 9 heteroatoms. The minimum absolute atomic E-state index is 0.299. The number of sulfonamides is 1. The Morgan fingerprint density at radius 2 is 1.67 bits per heavy atom. The van der Waals surface area contributed by atoms with E-state index < -0.39 is 15.9 Å². The van der Waals surface area contributed by atoms with Crippen molar-refractivity contribution in [1.82, 2.24) is 15.0 Å². The fourth-order valence-corrected chi connectivity index (χ4v) is 3.53. The molecular weight excluding hydrogens is 373 g/mol. The summed E-state index contributed by atoms with van der Waals surface area (Å²) in [5, 5.41) is 3.32. The molecule has 0 aliphatic heterocycles. The van der Waals surface area contributed by atoms with Gasteiger partial charge in [-0.15, -0.1) is 0 Å². The summed E-state index contributed by atoms with van der Waals surface area (Å²) in [6.07, 6.45) is 3.22. The maximum absolute atomic E-state index is 12.0. The van der Waals surface area contributed by atoms with Gasteiger partial charge in [0.15, 0.2) is 0 Å². The van der Waals surface area contributed by atoms with E-state index in [-0.39, 0.29) is 12.3 Å². The van der Waals surface area contributed by atoms with Crippen LogP contribution >= 0.6 is 23.2 Å². The predicted molar refractivity (Wildman–Crippen MR) is 93.2 cm³/mol. The first-order valence-corrected chi connectivity index (χ1v) is 9.33. The van der Waals surface area contributed by atoms with E-state index in [1.165, 1.54) is 18.2 Å². The van der Waals surface area contributed by atoms with Crippen LogP contribution in [0.5, 0.6) is 0 Å². The summed E-state index contributed by atoms with van der Waals surface area (Å²) in [7, 11) is -3.68. The summed E-state index contributed by atoms with van der Waals surface area (Å²) in [4.78, 5) is 15.6. The molecule has 1 aromatic heterocycles. The van der Waals surface area contributed by atoms with Crippen molar-refractivity contribution in [2.75, 3.05) is 6.54 Å². The second-order valence-corrected chi connectivity index (χ2v) is 7.67. The summed E-state index contributed by atoms with van der Waals surface area (Å²) in [6, 6.07) is 8.05. The summed E-state index contributed by atoms with van der Waals surface area (Å²) in [5.74, 6) is -0.746. The highest BCUT2D eigenvalue weighted by molar-refractivity contribution is 7.88. The lowest BCUT2D eigenvalue weighted by Gasteiger charge is -2.08. The smallest absolute Gasteiger partial charge is 0.235 e. The molecule has 128 valence electrons. The molecule has 0 atom stereocenters. The fourth-order valence-electron chi connectivity index (χ4n) is 1.90. The molecule has 24 heavy (non-hydrogen) atoms. The Morgan fingerprint density at radius 3 is 2.29 bits per heavy atom. The number of hydrogen-bond acceptors (Lipinski definition) is 4. The number of nitrogens with one attached hydrogen (secondary N) is 2. The van der Waals surface area contributed by atoms with Gasteiger partial charge in [-0.2, -0.15) is 0 Å². The van der Waals surface area contributed by atoms with Gasteiger partial charge in [0.05, 0.1) is 12.3 Å². The quantitative estimate of drug-likeness (QED) is 0.761. The maximum Gasteiger partial charge on any atom is 0.235 e. The third-order valence-electron chi connectivity index (χ3n) is 2.97. The molecule has 1 heterocycles. The van der Waals surface area contributed by atoms with E-state index in [2.05, 4.69) is 15.0 Å². The minimum Gasteiger partial charge on any atom is -0.351 e. The third kappa shape index (κ3) is 6.45. The Morgan fingerprint density at radius 1 is 1.04 bits per heavy atom. The van der Waals surface area contributed by atoms with Crippen LogP contribution in [-0.4, -0.2) is 25.9 Å². The van der Waals surface area contributed by atoms with Gasteiger partial charge in [0.25, 0.3) is 0 Å². The fraction of sp³-hybridized carbons (Fsp3) is 0.200. The Balaban J connectivity index is 1.84. The average molecular weight is 388 g/mol. The molecule has 1 amide bonds. The zero-order chi connectivity index (χ0) is 17.6. The van der Waals surface area contributed by atoms with E-state index in [0.29, 0.717) is 22.2 Å². The van der Waals surface area contributed by atoms with Gasteiger partial charge in [-0.05, 0) is 41.5 Å². The van der Waals surface area contributed by atoms with E-state index in [1.807, 2.05) is 0 Å². The summed E-state index contributed by atoms with van der Waals surface area (Å²) in [6.45, 7) is -0.0469. The first kappa shape index (κ1) is 18.7. The van der Waals surface area contributed by atoms with Gasteiger partial charge in [0.1, 0.15) is 0 Å². The van der Waals surface area contributed by atoms with E-state index in [9.17, 15) is 13.2 Å². The van der Waals surface area contributed by atoms with Crippen molar-refractivity contribution in [3.63, 3.8) is 0 Å². The summed E-state index contributed by atoms with van der Waals surface area (Å²) < 4.78 is 26.3. The molecule has 0 saturated carbocycles. The van der Waals surface area contributed by atoms with Crippen molar-refractivity contribution in [3.8, 4) is 0 Å². The molecular formula is C15H15Cl2N3O3S. The van der Waals surface area contributed by atoms with Crippen LogP contribution in [0.15, 0.2) is 42.7 Å². The van der Waals surface area contributed by atoms with Crippen LogP contribution in [0.1, 0.15) is 11.1 Å². The van der Waals surface area contributed by atoms with Gasteiger partial charge in [0, 0.05) is 29.0 Å². The Hall–Kier alpha value is -1.67. The lowest BCUT2D eigenvalue weighted by Crippen LogP contribution is -2.37. The van der Waals surface area contributed by atoms with Gasteiger partial charge >= 0.3 is 0 Å². The van der Waals surface area contributed by atoms with Crippen molar-refractivity contribution in [1.29, 1.82) is 0 Å². The molecule has 6 nitrogen and oxygen atoms in total. The first-order valence-electron chi connectivity index (χ1n) is 6.92. The van der Waals surface area contributed by atoms with Crippen molar-refractivity contribution < 1.29 is 13.2 Å².